The van der Waals surface area contributed by atoms with Crippen LogP contribution >= 0.6 is 0 Å². The lowest BCUT2D eigenvalue weighted by Crippen LogP contribution is -2.42. The fourth-order valence-electron chi connectivity index (χ4n) is 4.09. The van der Waals surface area contributed by atoms with Gasteiger partial charge in [0.2, 0.25) is 10.0 Å². The lowest BCUT2D eigenvalue weighted by Gasteiger charge is -2.26. The first-order valence-corrected chi connectivity index (χ1v) is 13.3. The summed E-state index contributed by atoms with van der Waals surface area (Å²) in [7, 11) is -3.89. The van der Waals surface area contributed by atoms with E-state index in [2.05, 4.69) is 20.0 Å². The molecule has 1 unspecified atom stereocenters. The largest absolute Gasteiger partial charge is 0.489 e. The number of aliphatic carboxylic acids is 1. The van der Waals surface area contributed by atoms with Crippen LogP contribution in [0.5, 0.6) is 5.75 Å². The number of nitrogens with zero attached hydrogens (tertiary/aromatic N) is 1. The van der Waals surface area contributed by atoms with Gasteiger partial charge in [-0.25, -0.2) is 18.1 Å². The van der Waals surface area contributed by atoms with Crippen molar-refractivity contribution in [3.8, 4) is 5.75 Å². The van der Waals surface area contributed by atoms with Crippen molar-refractivity contribution >= 4 is 27.7 Å². The Morgan fingerprint density at radius 3 is 2.72 bits per heavy atom. The van der Waals surface area contributed by atoms with Crippen LogP contribution in [0.2, 0.25) is 0 Å². The highest BCUT2D eigenvalue weighted by molar-refractivity contribution is 7.88. The Labute approximate surface area is 209 Å². The van der Waals surface area contributed by atoms with E-state index in [9.17, 15) is 23.1 Å². The molecule has 4 N–H and O–H groups in total. The fourth-order valence-corrected chi connectivity index (χ4v) is 5.42. The zero-order valence-corrected chi connectivity index (χ0v) is 20.3. The van der Waals surface area contributed by atoms with Gasteiger partial charge in [0.15, 0.2) is 11.7 Å². The number of imidazole rings is 1. The van der Waals surface area contributed by atoms with E-state index in [0.29, 0.717) is 41.4 Å². The third-order valence-electron chi connectivity index (χ3n) is 5.80. The number of H-pyrrole nitrogens is 1. The van der Waals surface area contributed by atoms with Gasteiger partial charge < -0.3 is 20.1 Å². The maximum absolute atomic E-state index is 12.8. The summed E-state index contributed by atoms with van der Waals surface area (Å²) in [5, 5.41) is 12.8. The lowest BCUT2D eigenvalue weighted by molar-refractivity contribution is -0.138. The smallest absolute Gasteiger partial charge is 0.322 e. The number of Topliss-reactive ketones (excluding diaryl/α,β-unsaturated/α-hetero) is 1. The lowest BCUT2D eigenvalue weighted by atomic mass is 9.95. The molecule has 2 atom stereocenters. The fraction of sp³-hybridized carbons (Fsp3) is 0.320. The van der Waals surface area contributed by atoms with Gasteiger partial charge >= 0.3 is 5.97 Å². The molecule has 0 fully saturated rings. The number of anilines is 1. The second-order valence-corrected chi connectivity index (χ2v) is 10.4. The van der Waals surface area contributed by atoms with E-state index in [1.807, 2.05) is 0 Å². The Balaban J connectivity index is 1.35. The molecule has 4 rings (SSSR count). The first-order chi connectivity index (χ1) is 17.3. The Hall–Kier alpha value is -3.70. The topological polar surface area (TPSA) is 150 Å². The van der Waals surface area contributed by atoms with Crippen LogP contribution in [0.25, 0.3) is 0 Å². The van der Waals surface area contributed by atoms with E-state index in [1.165, 1.54) is 0 Å². The van der Waals surface area contributed by atoms with Crippen molar-refractivity contribution < 1.29 is 27.9 Å². The van der Waals surface area contributed by atoms with Crippen LogP contribution < -0.4 is 14.8 Å². The molecule has 2 heterocycles. The number of carboxylic acids is 1. The second kappa shape index (κ2) is 11.4. The number of sulfonamides is 1. The summed E-state index contributed by atoms with van der Waals surface area (Å²) in [5.41, 5.74) is 1.47. The Morgan fingerprint density at radius 2 is 2.00 bits per heavy atom. The molecule has 0 aliphatic carbocycles. The Morgan fingerprint density at radius 1 is 1.19 bits per heavy atom. The standard InChI is InChI=1S/C25H28N4O6S/c30-22-15-19(7-4-10-26-25-27-11-12-28-25)35-23-9-8-18(13-20(22)23)14-21(24(31)32)29-36(33,34)16-17-5-2-1-3-6-17/h1-3,5-6,8-9,11-13,19,21,29H,4,7,10,14-16H2,(H,31,32)(H2,26,27,28)/t19?,21-/m0/s1. The minimum Gasteiger partial charge on any atom is -0.489 e. The van der Waals surface area contributed by atoms with Gasteiger partial charge in [0.25, 0.3) is 0 Å². The molecule has 3 aromatic rings. The number of ether oxygens (including phenoxy) is 1. The molecule has 1 aliphatic heterocycles. The van der Waals surface area contributed by atoms with Crippen molar-refractivity contribution in [2.45, 2.75) is 43.6 Å². The zero-order valence-electron chi connectivity index (χ0n) is 19.5. The van der Waals surface area contributed by atoms with Crippen molar-refractivity contribution in [2.75, 3.05) is 11.9 Å². The minimum absolute atomic E-state index is 0.0846. The van der Waals surface area contributed by atoms with Crippen LogP contribution in [0.4, 0.5) is 5.95 Å². The molecule has 190 valence electrons. The first-order valence-electron chi connectivity index (χ1n) is 11.6. The third-order valence-corrected chi connectivity index (χ3v) is 7.16. The molecule has 1 aromatic heterocycles. The van der Waals surface area contributed by atoms with Gasteiger partial charge in [-0.3, -0.25) is 9.59 Å². The van der Waals surface area contributed by atoms with Gasteiger partial charge in [-0.1, -0.05) is 36.4 Å². The maximum Gasteiger partial charge on any atom is 0.322 e. The highest BCUT2D eigenvalue weighted by Crippen LogP contribution is 2.30. The summed E-state index contributed by atoms with van der Waals surface area (Å²) in [5.74, 6) is -0.563. The van der Waals surface area contributed by atoms with Crippen LogP contribution in [-0.2, 0) is 27.0 Å². The van der Waals surface area contributed by atoms with Crippen LogP contribution in [0.3, 0.4) is 0 Å². The first kappa shape index (κ1) is 25.4. The monoisotopic (exact) mass is 512 g/mol. The van der Waals surface area contributed by atoms with E-state index in [0.717, 1.165) is 6.42 Å². The van der Waals surface area contributed by atoms with E-state index >= 15 is 0 Å². The predicted molar refractivity (Wildman–Crippen MR) is 133 cm³/mol. The van der Waals surface area contributed by atoms with Crippen molar-refractivity contribution in [1.82, 2.24) is 14.7 Å². The number of hydrogen-bond donors (Lipinski definition) is 4. The summed E-state index contributed by atoms with van der Waals surface area (Å²) >= 11 is 0. The van der Waals surface area contributed by atoms with Crippen molar-refractivity contribution in [3.05, 3.63) is 77.6 Å². The molecule has 0 radical (unpaired) electrons. The highest BCUT2D eigenvalue weighted by Gasteiger charge is 2.28. The summed E-state index contributed by atoms with van der Waals surface area (Å²) in [6.07, 6.45) is 4.74. The summed E-state index contributed by atoms with van der Waals surface area (Å²) < 4.78 is 33.3. The summed E-state index contributed by atoms with van der Waals surface area (Å²) in [4.78, 5) is 31.6. The number of hydrogen-bond acceptors (Lipinski definition) is 7. The zero-order chi connectivity index (χ0) is 25.5. The van der Waals surface area contributed by atoms with E-state index < -0.39 is 22.0 Å². The van der Waals surface area contributed by atoms with Gasteiger partial charge in [0.1, 0.15) is 17.9 Å². The molecule has 2 aromatic carbocycles. The average Bonchev–Trinajstić information content (AvgIpc) is 3.35. The maximum atomic E-state index is 12.8. The molecule has 0 spiro atoms. The third kappa shape index (κ3) is 6.92. The van der Waals surface area contributed by atoms with Crippen LogP contribution in [0.15, 0.2) is 60.9 Å². The van der Waals surface area contributed by atoms with E-state index in [4.69, 9.17) is 4.74 Å². The van der Waals surface area contributed by atoms with E-state index in [1.54, 1.807) is 60.9 Å². The summed E-state index contributed by atoms with van der Waals surface area (Å²) in [6, 6.07) is 12.1. The molecule has 0 amide bonds. The predicted octanol–water partition coefficient (Wildman–Crippen LogP) is 2.75. The van der Waals surface area contributed by atoms with Gasteiger partial charge in [0.05, 0.1) is 11.3 Å². The number of carbonyl (C=O) groups is 2. The number of rotatable bonds is 12. The van der Waals surface area contributed by atoms with Gasteiger partial charge in [-0.15, -0.1) is 0 Å². The van der Waals surface area contributed by atoms with Gasteiger partial charge in [-0.2, -0.15) is 0 Å². The Kier molecular flexibility index (Phi) is 8.01. The average molecular weight is 513 g/mol. The normalized spacial score (nSPS) is 16.1. The molecule has 11 heteroatoms. The molecular formula is C25H28N4O6S. The number of nitrogens with one attached hydrogen (secondary N) is 3. The summed E-state index contributed by atoms with van der Waals surface area (Å²) in [6.45, 7) is 0.685. The number of benzene rings is 2. The van der Waals surface area contributed by atoms with Gasteiger partial charge in [-0.05, 0) is 42.5 Å². The Bertz CT molecular complexity index is 1300. The number of aromatic amines is 1. The molecule has 0 saturated carbocycles. The van der Waals surface area contributed by atoms with Crippen LogP contribution in [0.1, 0.15) is 40.7 Å². The number of fused-ring (bicyclic) bond motifs is 1. The SMILES string of the molecule is O=C1CC(CCCNc2ncc[nH]2)Oc2ccc(C[C@H](NS(=O)(=O)Cc3ccccc3)C(=O)O)cc21. The highest BCUT2D eigenvalue weighted by atomic mass is 32.2. The second-order valence-electron chi connectivity index (χ2n) is 8.66. The number of carbonyl (C=O) groups excluding carboxylic acids is 1. The van der Waals surface area contributed by atoms with Crippen molar-refractivity contribution in [3.63, 3.8) is 0 Å². The quantitative estimate of drug-likeness (QED) is 0.271. The molecule has 36 heavy (non-hydrogen) atoms. The van der Waals surface area contributed by atoms with Crippen molar-refractivity contribution in [2.24, 2.45) is 0 Å². The molecule has 1 aliphatic rings. The van der Waals surface area contributed by atoms with Gasteiger partial charge in [0, 0.05) is 25.4 Å². The molecular weight excluding hydrogens is 484 g/mol. The number of carboxylic acid groups (broad SMARTS) is 1. The van der Waals surface area contributed by atoms with Crippen LogP contribution in [0, 0.1) is 0 Å². The van der Waals surface area contributed by atoms with Crippen molar-refractivity contribution in [1.29, 1.82) is 0 Å². The molecule has 0 bridgehead atoms. The number of ketones is 1. The molecule has 0 saturated heterocycles. The minimum atomic E-state index is -3.89. The van der Waals surface area contributed by atoms with E-state index in [-0.39, 0.29) is 30.5 Å². The van der Waals surface area contributed by atoms with Crippen LogP contribution in [-0.4, -0.2) is 53.9 Å². The number of aromatic nitrogens is 2. The molecule has 10 nitrogen and oxygen atoms in total.